The van der Waals surface area contributed by atoms with Crippen molar-refractivity contribution in [1.29, 1.82) is 0 Å². The molecular formula is C25H43N5O4. The Bertz CT molecular complexity index is 680. The van der Waals surface area contributed by atoms with E-state index in [2.05, 4.69) is 25.4 Å². The highest BCUT2D eigenvalue weighted by molar-refractivity contribution is 5.94. The molecule has 0 unspecified atom stereocenters. The van der Waals surface area contributed by atoms with Crippen LogP contribution in [0.5, 0.6) is 0 Å². The van der Waals surface area contributed by atoms with Crippen LogP contribution in [0.4, 0.5) is 5.82 Å². The molecule has 1 aliphatic heterocycles. The highest BCUT2D eigenvalue weighted by Crippen LogP contribution is 2.13. The minimum absolute atomic E-state index is 0.0377. The van der Waals surface area contributed by atoms with Gasteiger partial charge in [-0.05, 0) is 25.0 Å². The van der Waals surface area contributed by atoms with Crippen LogP contribution >= 0.6 is 0 Å². The Balaban J connectivity index is 1.35. The molecule has 1 amide bonds. The van der Waals surface area contributed by atoms with Crippen LogP contribution < -0.4 is 15.5 Å². The molecule has 1 aliphatic rings. The maximum atomic E-state index is 12.3. The smallest absolute Gasteiger partial charge is 0.294 e. The lowest BCUT2D eigenvalue weighted by atomic mass is 10.0. The molecule has 0 aliphatic carbocycles. The summed E-state index contributed by atoms with van der Waals surface area (Å²) in [6.45, 7) is 4.79. The van der Waals surface area contributed by atoms with E-state index >= 15 is 0 Å². The van der Waals surface area contributed by atoms with E-state index in [4.69, 9.17) is 0 Å². The molecule has 0 atom stereocenters. The van der Waals surface area contributed by atoms with Crippen LogP contribution in [0.3, 0.4) is 0 Å². The Morgan fingerprint density at radius 2 is 1.50 bits per heavy atom. The molecule has 192 valence electrons. The normalized spacial score (nSPS) is 13.6. The predicted molar refractivity (Wildman–Crippen MR) is 135 cm³/mol. The quantitative estimate of drug-likeness (QED) is 0.171. The summed E-state index contributed by atoms with van der Waals surface area (Å²) >= 11 is 0. The summed E-state index contributed by atoms with van der Waals surface area (Å²) < 4.78 is 0. The van der Waals surface area contributed by atoms with Crippen LogP contribution in [0.25, 0.3) is 0 Å². The number of anilines is 1. The first kappa shape index (κ1) is 27.8. The number of amides is 1. The molecular weight excluding hydrogens is 434 g/mol. The second-order valence-corrected chi connectivity index (χ2v) is 9.05. The van der Waals surface area contributed by atoms with Crippen LogP contribution in [-0.2, 0) is 4.84 Å². The molecule has 0 bridgehead atoms. The van der Waals surface area contributed by atoms with Gasteiger partial charge in [-0.25, -0.2) is 4.98 Å². The largest absolute Gasteiger partial charge is 0.354 e. The zero-order chi connectivity index (χ0) is 24.3. The highest BCUT2D eigenvalue weighted by Gasteiger charge is 2.12. The molecule has 1 aromatic rings. The first-order valence-electron chi connectivity index (χ1n) is 13.1. The van der Waals surface area contributed by atoms with Gasteiger partial charge in [0.15, 0.2) is 0 Å². The zero-order valence-corrected chi connectivity index (χ0v) is 20.6. The first-order chi connectivity index (χ1) is 16.7. The maximum Gasteiger partial charge on any atom is 0.294 e. The van der Waals surface area contributed by atoms with E-state index in [1.54, 1.807) is 6.20 Å². The summed E-state index contributed by atoms with van der Waals surface area (Å²) in [5.74, 6) is 0.903. The molecule has 0 aromatic carbocycles. The molecule has 34 heavy (non-hydrogen) atoms. The van der Waals surface area contributed by atoms with Gasteiger partial charge in [-0.15, -0.1) is 10.1 Å². The van der Waals surface area contributed by atoms with Crippen molar-refractivity contribution in [3.63, 3.8) is 0 Å². The molecule has 2 N–H and O–H groups in total. The summed E-state index contributed by atoms with van der Waals surface area (Å²) in [7, 11) is 0. The van der Waals surface area contributed by atoms with Crippen molar-refractivity contribution in [2.75, 3.05) is 44.2 Å². The van der Waals surface area contributed by atoms with Crippen molar-refractivity contribution >= 4 is 11.7 Å². The van der Waals surface area contributed by atoms with E-state index in [1.807, 2.05) is 12.1 Å². The monoisotopic (exact) mass is 477 g/mol. The van der Waals surface area contributed by atoms with Gasteiger partial charge in [0.25, 0.3) is 11.0 Å². The number of hydrogen-bond acceptors (Lipinski definition) is 7. The van der Waals surface area contributed by atoms with Gasteiger partial charge in [0.05, 0.1) is 12.2 Å². The van der Waals surface area contributed by atoms with Crippen molar-refractivity contribution in [1.82, 2.24) is 15.6 Å². The van der Waals surface area contributed by atoms with Gasteiger partial charge in [-0.1, -0.05) is 70.6 Å². The number of pyridine rings is 1. The van der Waals surface area contributed by atoms with E-state index in [1.165, 1.54) is 51.4 Å². The standard InChI is InChI=1S/C25H43N5O4/c31-25(23-14-15-24(28-22-23)29-19-17-26-18-20-29)27-16-12-10-8-6-4-2-1-3-5-7-9-11-13-21-34-30(32)33/h14-15,22,26H,1-13,16-21H2,(H,27,31). The Morgan fingerprint density at radius 1 is 0.941 bits per heavy atom. The van der Waals surface area contributed by atoms with E-state index in [9.17, 15) is 14.9 Å². The number of unbranched alkanes of at least 4 members (excludes halogenated alkanes) is 12. The second-order valence-electron chi connectivity index (χ2n) is 9.05. The summed E-state index contributed by atoms with van der Waals surface area (Å²) in [5.41, 5.74) is 0.628. The van der Waals surface area contributed by atoms with Crippen molar-refractivity contribution in [2.24, 2.45) is 0 Å². The van der Waals surface area contributed by atoms with Gasteiger partial charge in [0, 0.05) is 38.9 Å². The third kappa shape index (κ3) is 12.7. The lowest BCUT2D eigenvalue weighted by Gasteiger charge is -2.28. The van der Waals surface area contributed by atoms with E-state index in [0.717, 1.165) is 70.6 Å². The van der Waals surface area contributed by atoms with Crippen molar-refractivity contribution < 1.29 is 14.7 Å². The van der Waals surface area contributed by atoms with Gasteiger partial charge in [-0.2, -0.15) is 0 Å². The van der Waals surface area contributed by atoms with Gasteiger partial charge in [0.1, 0.15) is 5.82 Å². The Kier molecular flexibility index (Phi) is 14.7. The van der Waals surface area contributed by atoms with Crippen molar-refractivity contribution in [3.05, 3.63) is 34.0 Å². The van der Waals surface area contributed by atoms with Crippen LogP contribution in [-0.4, -0.2) is 55.3 Å². The summed E-state index contributed by atoms with van der Waals surface area (Å²) in [6.07, 6.45) is 16.9. The predicted octanol–water partition coefficient (Wildman–Crippen LogP) is 4.50. The zero-order valence-electron chi connectivity index (χ0n) is 20.6. The summed E-state index contributed by atoms with van der Waals surface area (Å²) in [5, 5.41) is 15.7. The van der Waals surface area contributed by atoms with Crippen molar-refractivity contribution in [2.45, 2.75) is 83.5 Å². The molecule has 0 spiro atoms. The van der Waals surface area contributed by atoms with Crippen LogP contribution in [0.1, 0.15) is 93.8 Å². The van der Waals surface area contributed by atoms with Gasteiger partial charge >= 0.3 is 0 Å². The molecule has 9 nitrogen and oxygen atoms in total. The molecule has 1 aromatic heterocycles. The van der Waals surface area contributed by atoms with Gasteiger partial charge in [0.2, 0.25) is 0 Å². The number of aromatic nitrogens is 1. The number of nitrogens with zero attached hydrogens (tertiary/aromatic N) is 3. The fraction of sp³-hybridized carbons (Fsp3) is 0.760. The number of nitrogens with one attached hydrogen (secondary N) is 2. The molecule has 9 heteroatoms. The van der Waals surface area contributed by atoms with E-state index in [-0.39, 0.29) is 12.5 Å². The Labute approximate surface area is 204 Å². The number of hydrogen-bond donors (Lipinski definition) is 2. The summed E-state index contributed by atoms with van der Waals surface area (Å²) in [4.78, 5) is 33.3. The van der Waals surface area contributed by atoms with Crippen LogP contribution in [0, 0.1) is 10.1 Å². The Hall–Kier alpha value is -2.42. The van der Waals surface area contributed by atoms with E-state index < -0.39 is 5.09 Å². The summed E-state index contributed by atoms with van der Waals surface area (Å²) in [6, 6.07) is 3.81. The fourth-order valence-corrected chi connectivity index (χ4v) is 4.22. The number of carbonyl (C=O) groups excluding carboxylic acids is 1. The van der Waals surface area contributed by atoms with E-state index in [0.29, 0.717) is 5.56 Å². The second kappa shape index (κ2) is 18.0. The van der Waals surface area contributed by atoms with Crippen LogP contribution in [0.2, 0.25) is 0 Å². The number of rotatable bonds is 19. The maximum absolute atomic E-state index is 12.3. The van der Waals surface area contributed by atoms with Crippen LogP contribution in [0.15, 0.2) is 18.3 Å². The Morgan fingerprint density at radius 3 is 2.03 bits per heavy atom. The third-order valence-electron chi connectivity index (χ3n) is 6.25. The minimum Gasteiger partial charge on any atom is -0.354 e. The molecule has 2 rings (SSSR count). The average molecular weight is 478 g/mol. The first-order valence-corrected chi connectivity index (χ1v) is 13.1. The highest BCUT2D eigenvalue weighted by atomic mass is 16.9. The van der Waals surface area contributed by atoms with Gasteiger partial charge in [-0.3, -0.25) is 4.79 Å². The molecule has 1 saturated heterocycles. The fourth-order valence-electron chi connectivity index (χ4n) is 4.22. The average Bonchev–Trinajstić information content (AvgIpc) is 2.86. The third-order valence-corrected chi connectivity index (χ3v) is 6.25. The lowest BCUT2D eigenvalue weighted by Crippen LogP contribution is -2.43. The number of carbonyl (C=O) groups is 1. The molecule has 1 fully saturated rings. The molecule has 2 heterocycles. The molecule has 0 saturated carbocycles. The van der Waals surface area contributed by atoms with Gasteiger partial charge < -0.3 is 20.4 Å². The molecule has 0 radical (unpaired) electrons. The topological polar surface area (TPSA) is 110 Å². The minimum atomic E-state index is -0.717. The lowest BCUT2D eigenvalue weighted by molar-refractivity contribution is -0.757. The SMILES string of the molecule is O=C(NCCCCCCCCCCCCCCCO[N+](=O)[O-])c1ccc(N2CCNCC2)nc1. The number of piperazine rings is 1. The van der Waals surface area contributed by atoms with Crippen molar-refractivity contribution in [3.8, 4) is 0 Å².